The average molecular weight is 671 g/mol. The van der Waals surface area contributed by atoms with E-state index in [4.69, 9.17) is 23.4 Å². The monoisotopic (exact) mass is 670 g/mol. The number of ketones is 2. The fraction of sp³-hybridized carbons (Fsp3) is 0.667. The van der Waals surface area contributed by atoms with Gasteiger partial charge < -0.3 is 28.5 Å². The highest BCUT2D eigenvalue weighted by atomic mass is 28.4. The first kappa shape index (κ1) is 35.6. The van der Waals surface area contributed by atoms with Crippen molar-refractivity contribution < 1.29 is 47.7 Å². The summed E-state index contributed by atoms with van der Waals surface area (Å²) in [5.74, 6) is -4.01. The van der Waals surface area contributed by atoms with Crippen molar-refractivity contribution in [1.29, 1.82) is 0 Å². The molecule has 47 heavy (non-hydrogen) atoms. The van der Waals surface area contributed by atoms with Crippen LogP contribution in [0.25, 0.3) is 0 Å². The molecule has 1 N–H and O–H groups in total. The van der Waals surface area contributed by atoms with Gasteiger partial charge in [0.05, 0.1) is 35.7 Å². The van der Waals surface area contributed by atoms with Crippen LogP contribution in [-0.4, -0.2) is 86.3 Å². The number of hydrogen-bond acceptors (Lipinski definition) is 10. The molecule has 1 saturated heterocycles. The van der Waals surface area contributed by atoms with E-state index < -0.39 is 84.2 Å². The summed E-state index contributed by atoms with van der Waals surface area (Å²) in [6.07, 6.45) is -3.63. The maximum absolute atomic E-state index is 15.2. The fourth-order valence-electron chi connectivity index (χ4n) is 9.14. The number of rotatable bonds is 9. The van der Waals surface area contributed by atoms with Gasteiger partial charge in [0.25, 0.3) is 0 Å². The van der Waals surface area contributed by atoms with Crippen LogP contribution >= 0.6 is 0 Å². The normalized spacial score (nSPS) is 36.3. The number of carbonyl (C=O) groups is 4. The molecule has 5 rings (SSSR count). The van der Waals surface area contributed by atoms with E-state index in [1.54, 1.807) is 58.0 Å². The summed E-state index contributed by atoms with van der Waals surface area (Å²) in [6, 6.07) is 10.7. The summed E-state index contributed by atoms with van der Waals surface area (Å²) in [7, 11) is -0.959. The van der Waals surface area contributed by atoms with E-state index in [1.807, 2.05) is 0 Å². The molecule has 0 amide bonds. The lowest BCUT2D eigenvalue weighted by molar-refractivity contribution is -0.342. The van der Waals surface area contributed by atoms with Crippen LogP contribution < -0.4 is 0 Å². The predicted molar refractivity (Wildman–Crippen MR) is 175 cm³/mol. The van der Waals surface area contributed by atoms with Crippen LogP contribution in [0.1, 0.15) is 78.6 Å². The summed E-state index contributed by atoms with van der Waals surface area (Å²) in [5, 5.41) is 13.2. The number of hydrogen-bond donors (Lipinski definition) is 1. The van der Waals surface area contributed by atoms with Gasteiger partial charge in [-0.2, -0.15) is 0 Å². The van der Waals surface area contributed by atoms with E-state index in [2.05, 4.69) is 20.8 Å². The Morgan fingerprint density at radius 2 is 1.66 bits per heavy atom. The molecule has 0 radical (unpaired) electrons. The first-order chi connectivity index (χ1) is 22.0. The molecule has 3 fully saturated rings. The number of methoxy groups -OCH3 is 1. The molecule has 2 bridgehead atoms. The summed E-state index contributed by atoms with van der Waals surface area (Å²) >= 11 is 0. The molecule has 10 nitrogen and oxygen atoms in total. The maximum atomic E-state index is 15.2. The molecule has 2 saturated carbocycles. The van der Waals surface area contributed by atoms with Gasteiger partial charge in [-0.25, -0.2) is 4.79 Å². The number of benzene rings is 1. The van der Waals surface area contributed by atoms with Crippen molar-refractivity contribution >= 4 is 31.8 Å². The van der Waals surface area contributed by atoms with E-state index in [-0.39, 0.29) is 30.6 Å². The van der Waals surface area contributed by atoms with Crippen molar-refractivity contribution in [3.8, 4) is 0 Å². The minimum Gasteiger partial charge on any atom is -0.455 e. The maximum Gasteiger partial charge on any atom is 0.338 e. The van der Waals surface area contributed by atoms with E-state index in [9.17, 15) is 19.5 Å². The Kier molecular flexibility index (Phi) is 9.33. The highest BCUT2D eigenvalue weighted by Gasteiger charge is 2.78. The lowest BCUT2D eigenvalue weighted by Gasteiger charge is -2.67. The Morgan fingerprint density at radius 3 is 2.17 bits per heavy atom. The zero-order valence-corrected chi connectivity index (χ0v) is 30.1. The molecular formula is C36H50O10Si. The van der Waals surface area contributed by atoms with Gasteiger partial charge in [0.2, 0.25) is 11.6 Å². The standard InChI is InChI=1S/C36H50O10Si/c1-10-47(11-2,12-3)46-25-18-26-35(20-43-26,45-22(5)37)29-31(44-32(40)23-16-14-13-15-17-23)36(41)19-24(42-9)21(4)27(33(36,6)7)28(38)30(39)34(25,29)8/h13-17,24-26,29,31,41H,10-12,18-20H2,1-9H3/t24-,25?,26+,29-,31-,34+,35-,36+/m0/s1. The summed E-state index contributed by atoms with van der Waals surface area (Å²) in [6.45, 7) is 14.2. The van der Waals surface area contributed by atoms with Crippen LogP contribution in [0.4, 0.5) is 0 Å². The fourth-order valence-corrected chi connectivity index (χ4v) is 12.1. The zero-order chi connectivity index (χ0) is 34.7. The van der Waals surface area contributed by atoms with Crippen LogP contribution in [0.2, 0.25) is 18.1 Å². The third kappa shape index (κ3) is 5.10. The minimum absolute atomic E-state index is 0.0443. The molecule has 1 heterocycles. The first-order valence-corrected chi connectivity index (χ1v) is 19.4. The summed E-state index contributed by atoms with van der Waals surface area (Å²) < 4.78 is 31.7. The number of esters is 2. The molecule has 11 heteroatoms. The quantitative estimate of drug-likeness (QED) is 0.218. The largest absolute Gasteiger partial charge is 0.455 e. The van der Waals surface area contributed by atoms with Gasteiger partial charge >= 0.3 is 11.9 Å². The molecular weight excluding hydrogens is 620 g/mol. The van der Waals surface area contributed by atoms with Crippen LogP contribution in [0, 0.1) is 16.7 Å². The second-order valence-corrected chi connectivity index (χ2v) is 19.3. The van der Waals surface area contributed by atoms with Gasteiger partial charge in [0.15, 0.2) is 13.9 Å². The number of ether oxygens (including phenoxy) is 4. The van der Waals surface area contributed by atoms with Crippen molar-refractivity contribution in [2.75, 3.05) is 13.7 Å². The lowest BCUT2D eigenvalue weighted by Crippen LogP contribution is -2.82. The highest BCUT2D eigenvalue weighted by molar-refractivity contribution is 6.73. The molecule has 3 aliphatic carbocycles. The van der Waals surface area contributed by atoms with E-state index in [0.717, 1.165) is 18.1 Å². The Bertz CT molecular complexity index is 1460. The number of Topliss-reactive ketones (excluding diaryl/α,β-unsaturated/α-hetero) is 2. The Labute approximate surface area is 278 Å². The molecule has 8 atom stereocenters. The number of carbonyl (C=O) groups excluding carboxylic acids is 4. The summed E-state index contributed by atoms with van der Waals surface area (Å²) in [5.41, 5.74) is -5.59. The molecule has 1 unspecified atom stereocenters. The second-order valence-electron chi connectivity index (χ2n) is 14.6. The third-order valence-electron chi connectivity index (χ3n) is 12.3. The van der Waals surface area contributed by atoms with E-state index in [1.165, 1.54) is 14.0 Å². The topological polar surface area (TPSA) is 135 Å². The predicted octanol–water partition coefficient (Wildman–Crippen LogP) is 4.97. The van der Waals surface area contributed by atoms with Crippen LogP contribution in [0.3, 0.4) is 0 Å². The van der Waals surface area contributed by atoms with Gasteiger partial charge in [-0.05, 0) is 49.7 Å². The van der Waals surface area contributed by atoms with Crippen molar-refractivity contribution in [3.05, 3.63) is 47.0 Å². The van der Waals surface area contributed by atoms with Gasteiger partial charge in [0.1, 0.15) is 17.8 Å². The third-order valence-corrected chi connectivity index (χ3v) is 16.9. The highest BCUT2D eigenvalue weighted by Crippen LogP contribution is 2.64. The van der Waals surface area contributed by atoms with Gasteiger partial charge in [0, 0.05) is 37.9 Å². The summed E-state index contributed by atoms with van der Waals surface area (Å²) in [4.78, 5) is 56.8. The van der Waals surface area contributed by atoms with E-state index in [0.29, 0.717) is 5.57 Å². The van der Waals surface area contributed by atoms with Gasteiger partial charge in [-0.15, -0.1) is 0 Å². The van der Waals surface area contributed by atoms with E-state index >= 15 is 4.79 Å². The van der Waals surface area contributed by atoms with Crippen LogP contribution in [0.15, 0.2) is 41.5 Å². The van der Waals surface area contributed by atoms with Crippen molar-refractivity contribution in [1.82, 2.24) is 0 Å². The molecule has 1 aromatic carbocycles. The molecule has 1 aliphatic heterocycles. The zero-order valence-electron chi connectivity index (χ0n) is 29.1. The molecule has 1 aromatic rings. The Morgan fingerprint density at radius 1 is 1.04 bits per heavy atom. The lowest BCUT2D eigenvalue weighted by atomic mass is 9.45. The van der Waals surface area contributed by atoms with Crippen molar-refractivity contribution in [2.24, 2.45) is 16.7 Å². The molecule has 4 aliphatic rings. The minimum atomic E-state index is -2.43. The molecule has 0 spiro atoms. The van der Waals surface area contributed by atoms with Gasteiger partial charge in [-0.1, -0.05) is 52.8 Å². The molecule has 0 aromatic heterocycles. The SMILES string of the molecule is CC[Si](CC)(CC)OC1C[C@H]2OC[C@@]2(OC(C)=O)[C@H]2[C@H](OC(=O)c3ccccc3)[C@]3(O)C[C@H](OC)C(C)=C(C(=O)C(=O)[C@]12C)C3(C)C. The Balaban J connectivity index is 1.85. The van der Waals surface area contributed by atoms with Crippen molar-refractivity contribution in [2.45, 2.75) is 122 Å². The smallest absolute Gasteiger partial charge is 0.338 e. The van der Waals surface area contributed by atoms with Crippen molar-refractivity contribution in [3.63, 3.8) is 0 Å². The van der Waals surface area contributed by atoms with Gasteiger partial charge in [-0.3, -0.25) is 14.4 Å². The number of aliphatic hydroxyl groups is 1. The number of fused-ring (bicyclic) bond motifs is 5. The Hall–Kier alpha value is -2.70. The first-order valence-electron chi connectivity index (χ1n) is 16.8. The van der Waals surface area contributed by atoms with Crippen LogP contribution in [0.5, 0.6) is 0 Å². The molecule has 258 valence electrons. The second kappa shape index (κ2) is 12.3. The average Bonchev–Trinajstić information content (AvgIpc) is 3.04. The van der Waals surface area contributed by atoms with Crippen LogP contribution in [-0.2, 0) is 37.8 Å².